The Morgan fingerprint density at radius 2 is 2.26 bits per heavy atom. The summed E-state index contributed by atoms with van der Waals surface area (Å²) >= 11 is 0. The molecule has 0 aliphatic carbocycles. The number of amides is 3. The zero-order valence-corrected chi connectivity index (χ0v) is 15.1. The predicted molar refractivity (Wildman–Crippen MR) is 95.6 cm³/mol. The van der Waals surface area contributed by atoms with Crippen molar-refractivity contribution in [1.29, 1.82) is 0 Å². The molecule has 2 aliphatic heterocycles. The third-order valence-electron chi connectivity index (χ3n) is 5.23. The number of hydrogen-bond acceptors (Lipinski definition) is 4. The molecule has 2 fully saturated rings. The summed E-state index contributed by atoms with van der Waals surface area (Å²) < 4.78 is 18.8. The fourth-order valence-electron chi connectivity index (χ4n) is 3.81. The number of carbonyl (C=O) groups excluding carboxylic acids is 2. The number of aromatic amines is 1. The van der Waals surface area contributed by atoms with Crippen molar-refractivity contribution >= 4 is 23.2 Å². The third kappa shape index (κ3) is 3.54. The van der Waals surface area contributed by atoms with Gasteiger partial charge in [0.25, 0.3) is 0 Å². The summed E-state index contributed by atoms with van der Waals surface area (Å²) in [4.78, 5) is 34.9. The molecule has 144 valence electrons. The third-order valence-corrected chi connectivity index (χ3v) is 5.23. The van der Waals surface area contributed by atoms with E-state index in [2.05, 4.69) is 15.3 Å². The van der Waals surface area contributed by atoms with Gasteiger partial charge in [-0.1, -0.05) is 0 Å². The number of nitrogens with zero attached hydrogens (tertiary/aromatic N) is 3. The normalized spacial score (nSPS) is 23.0. The lowest BCUT2D eigenvalue weighted by Gasteiger charge is -2.25. The number of ether oxygens (including phenoxy) is 1. The van der Waals surface area contributed by atoms with Crippen molar-refractivity contribution in [2.45, 2.75) is 31.4 Å². The van der Waals surface area contributed by atoms with E-state index in [0.29, 0.717) is 42.9 Å². The van der Waals surface area contributed by atoms with Gasteiger partial charge in [0.15, 0.2) is 0 Å². The number of nitrogens with one attached hydrogen (secondary N) is 2. The fraction of sp³-hybridized carbons (Fsp3) is 0.500. The average molecular weight is 375 g/mol. The highest BCUT2D eigenvalue weighted by Gasteiger charge is 2.44. The van der Waals surface area contributed by atoms with Crippen LogP contribution in [0.15, 0.2) is 18.2 Å². The van der Waals surface area contributed by atoms with E-state index in [1.54, 1.807) is 22.9 Å². The molecule has 2 aromatic rings. The molecule has 1 aromatic heterocycles. The number of halogens is 1. The molecule has 2 saturated heterocycles. The van der Waals surface area contributed by atoms with Gasteiger partial charge in [0.05, 0.1) is 24.1 Å². The van der Waals surface area contributed by atoms with Crippen molar-refractivity contribution < 1.29 is 18.7 Å². The molecule has 27 heavy (non-hydrogen) atoms. The fourth-order valence-corrected chi connectivity index (χ4v) is 3.81. The Morgan fingerprint density at radius 3 is 3.04 bits per heavy atom. The maximum Gasteiger partial charge on any atom is 0.410 e. The van der Waals surface area contributed by atoms with E-state index < -0.39 is 5.60 Å². The SMILES string of the molecule is CN1C[C@]2(CCCN(C(=O)NCc3nc4ccc(F)cc4[nH]3)CC2)OC1=O. The van der Waals surface area contributed by atoms with Crippen LogP contribution in [0.25, 0.3) is 11.0 Å². The Kier molecular flexibility index (Phi) is 4.37. The van der Waals surface area contributed by atoms with Gasteiger partial charge in [0.1, 0.15) is 17.2 Å². The van der Waals surface area contributed by atoms with Crippen LogP contribution in [0.4, 0.5) is 14.0 Å². The summed E-state index contributed by atoms with van der Waals surface area (Å²) in [6.07, 6.45) is 1.86. The minimum Gasteiger partial charge on any atom is -0.441 e. The van der Waals surface area contributed by atoms with Gasteiger partial charge in [-0.05, 0) is 31.0 Å². The zero-order valence-electron chi connectivity index (χ0n) is 15.1. The maximum atomic E-state index is 13.3. The zero-order chi connectivity index (χ0) is 19.0. The minimum absolute atomic E-state index is 0.184. The number of aromatic nitrogens is 2. The quantitative estimate of drug-likeness (QED) is 0.842. The summed E-state index contributed by atoms with van der Waals surface area (Å²) in [7, 11) is 1.73. The van der Waals surface area contributed by atoms with Crippen LogP contribution in [0, 0.1) is 5.82 Å². The highest BCUT2D eigenvalue weighted by molar-refractivity contribution is 5.76. The number of fused-ring (bicyclic) bond motifs is 1. The van der Waals surface area contributed by atoms with Crippen LogP contribution in [-0.2, 0) is 11.3 Å². The Hall–Kier alpha value is -2.84. The average Bonchev–Trinajstić information content (AvgIpc) is 3.07. The molecule has 1 spiro atoms. The molecule has 0 bridgehead atoms. The highest BCUT2D eigenvalue weighted by Crippen LogP contribution is 2.32. The molecule has 8 nitrogen and oxygen atoms in total. The Balaban J connectivity index is 1.35. The molecule has 0 radical (unpaired) electrons. The first-order chi connectivity index (χ1) is 12.9. The lowest BCUT2D eigenvalue weighted by Crippen LogP contribution is -2.41. The van der Waals surface area contributed by atoms with Crippen molar-refractivity contribution in [1.82, 2.24) is 25.1 Å². The maximum absolute atomic E-state index is 13.3. The number of urea groups is 1. The number of likely N-dealkylation sites (tertiary alicyclic amines) is 1. The largest absolute Gasteiger partial charge is 0.441 e. The number of H-pyrrole nitrogens is 1. The smallest absolute Gasteiger partial charge is 0.410 e. The monoisotopic (exact) mass is 375 g/mol. The highest BCUT2D eigenvalue weighted by atomic mass is 19.1. The summed E-state index contributed by atoms with van der Waals surface area (Å²) in [5.74, 6) is 0.236. The van der Waals surface area contributed by atoms with Crippen LogP contribution in [0.1, 0.15) is 25.1 Å². The first-order valence-corrected chi connectivity index (χ1v) is 9.05. The van der Waals surface area contributed by atoms with Crippen molar-refractivity contribution in [2.75, 3.05) is 26.7 Å². The van der Waals surface area contributed by atoms with E-state index in [-0.39, 0.29) is 24.5 Å². The molecule has 2 aliphatic rings. The molecule has 9 heteroatoms. The number of benzene rings is 1. The van der Waals surface area contributed by atoms with Gasteiger partial charge < -0.3 is 24.8 Å². The van der Waals surface area contributed by atoms with Crippen molar-refractivity contribution in [3.63, 3.8) is 0 Å². The van der Waals surface area contributed by atoms with Gasteiger partial charge in [0, 0.05) is 26.6 Å². The van der Waals surface area contributed by atoms with Crippen molar-refractivity contribution in [2.24, 2.45) is 0 Å². The number of hydrogen-bond donors (Lipinski definition) is 2. The van der Waals surface area contributed by atoms with E-state index in [1.807, 2.05) is 0 Å². The Bertz CT molecular complexity index is 885. The molecule has 0 saturated carbocycles. The van der Waals surface area contributed by atoms with E-state index in [4.69, 9.17) is 4.74 Å². The summed E-state index contributed by atoms with van der Waals surface area (Å²) in [6.45, 7) is 1.93. The number of rotatable bonds is 2. The van der Waals surface area contributed by atoms with Gasteiger partial charge in [0.2, 0.25) is 0 Å². The predicted octanol–water partition coefficient (Wildman–Crippen LogP) is 2.22. The second-order valence-electron chi connectivity index (χ2n) is 7.25. The number of likely N-dealkylation sites (N-methyl/N-ethyl adjacent to an activating group) is 1. The van der Waals surface area contributed by atoms with Crippen molar-refractivity contribution in [3.05, 3.63) is 29.8 Å². The van der Waals surface area contributed by atoms with Crippen molar-refractivity contribution in [3.8, 4) is 0 Å². The molecule has 1 aromatic carbocycles. The van der Waals surface area contributed by atoms with Crippen LogP contribution in [-0.4, -0.2) is 64.2 Å². The van der Waals surface area contributed by atoms with Gasteiger partial charge in [-0.25, -0.2) is 19.0 Å². The molecular weight excluding hydrogens is 353 g/mol. The summed E-state index contributed by atoms with van der Waals surface area (Å²) in [6, 6.07) is 4.14. The molecule has 3 amide bonds. The lowest BCUT2D eigenvalue weighted by molar-refractivity contribution is 0.0453. The second kappa shape index (κ2) is 6.71. The first-order valence-electron chi connectivity index (χ1n) is 9.05. The van der Waals surface area contributed by atoms with Crippen LogP contribution >= 0.6 is 0 Å². The molecule has 0 unspecified atom stereocenters. The van der Waals surface area contributed by atoms with Crippen LogP contribution in [0.5, 0.6) is 0 Å². The van der Waals surface area contributed by atoms with Crippen LogP contribution < -0.4 is 5.32 Å². The van der Waals surface area contributed by atoms with Crippen LogP contribution in [0.3, 0.4) is 0 Å². The Morgan fingerprint density at radius 1 is 1.41 bits per heavy atom. The molecule has 4 rings (SSSR count). The number of carbonyl (C=O) groups is 2. The van der Waals surface area contributed by atoms with E-state index in [0.717, 1.165) is 12.8 Å². The molecule has 3 heterocycles. The second-order valence-corrected chi connectivity index (χ2v) is 7.25. The molecular formula is C18H22FN5O3. The molecule has 1 atom stereocenters. The topological polar surface area (TPSA) is 90.6 Å². The minimum atomic E-state index is -0.482. The summed E-state index contributed by atoms with van der Waals surface area (Å²) in [5, 5.41) is 2.85. The van der Waals surface area contributed by atoms with E-state index in [9.17, 15) is 14.0 Å². The molecule has 2 N–H and O–H groups in total. The van der Waals surface area contributed by atoms with Gasteiger partial charge in [-0.2, -0.15) is 0 Å². The lowest BCUT2D eigenvalue weighted by atomic mass is 9.95. The van der Waals surface area contributed by atoms with Gasteiger partial charge >= 0.3 is 12.1 Å². The van der Waals surface area contributed by atoms with Gasteiger partial charge in [-0.15, -0.1) is 0 Å². The number of imidazole rings is 1. The standard InChI is InChI=1S/C18H22FN5O3/c1-23-11-18(27-17(23)26)5-2-7-24(8-6-18)16(25)20-10-15-21-13-4-3-12(19)9-14(13)22-15/h3-4,9H,2,5-8,10-11H2,1H3,(H,20,25)(H,21,22)/t18-/m1/s1. The first kappa shape index (κ1) is 17.6. The summed E-state index contributed by atoms with van der Waals surface area (Å²) in [5.41, 5.74) is 0.775. The Labute approximate surface area is 155 Å². The van der Waals surface area contributed by atoms with E-state index >= 15 is 0 Å². The van der Waals surface area contributed by atoms with Crippen LogP contribution in [0.2, 0.25) is 0 Å². The van der Waals surface area contributed by atoms with Gasteiger partial charge in [-0.3, -0.25) is 0 Å². The van der Waals surface area contributed by atoms with E-state index in [1.165, 1.54) is 12.1 Å².